The van der Waals surface area contributed by atoms with E-state index in [2.05, 4.69) is 17.2 Å². The SMILES string of the molecule is CCNCCCCCOc1ccc(C)nc1. The van der Waals surface area contributed by atoms with Crippen LogP contribution in [0.3, 0.4) is 0 Å². The van der Waals surface area contributed by atoms with Gasteiger partial charge in [0.15, 0.2) is 0 Å². The van der Waals surface area contributed by atoms with Gasteiger partial charge in [0.05, 0.1) is 12.8 Å². The quantitative estimate of drug-likeness (QED) is 0.686. The molecule has 1 heterocycles. The number of aryl methyl sites for hydroxylation is 1. The molecule has 16 heavy (non-hydrogen) atoms. The second-order valence-electron chi connectivity index (χ2n) is 3.90. The molecule has 0 bridgehead atoms. The van der Waals surface area contributed by atoms with Crippen LogP contribution in [0.5, 0.6) is 5.75 Å². The van der Waals surface area contributed by atoms with Crippen molar-refractivity contribution < 1.29 is 4.74 Å². The summed E-state index contributed by atoms with van der Waals surface area (Å²) in [4.78, 5) is 4.18. The first kappa shape index (κ1) is 13.0. The summed E-state index contributed by atoms with van der Waals surface area (Å²) in [5, 5.41) is 3.31. The van der Waals surface area contributed by atoms with Crippen molar-refractivity contribution in [1.82, 2.24) is 10.3 Å². The Kier molecular flexibility index (Phi) is 6.58. The molecule has 0 saturated carbocycles. The first-order valence-electron chi connectivity index (χ1n) is 6.09. The lowest BCUT2D eigenvalue weighted by atomic mass is 10.2. The lowest BCUT2D eigenvalue weighted by molar-refractivity contribution is 0.304. The summed E-state index contributed by atoms with van der Waals surface area (Å²) in [6, 6.07) is 3.95. The highest BCUT2D eigenvalue weighted by molar-refractivity contribution is 5.18. The molecular weight excluding hydrogens is 200 g/mol. The van der Waals surface area contributed by atoms with E-state index in [1.165, 1.54) is 12.8 Å². The molecule has 1 aromatic heterocycles. The average Bonchev–Trinajstić information content (AvgIpc) is 2.30. The second kappa shape index (κ2) is 8.11. The second-order valence-corrected chi connectivity index (χ2v) is 3.90. The van der Waals surface area contributed by atoms with E-state index in [-0.39, 0.29) is 0 Å². The molecule has 0 aliphatic carbocycles. The molecule has 0 unspecified atom stereocenters. The highest BCUT2D eigenvalue weighted by Crippen LogP contribution is 2.09. The van der Waals surface area contributed by atoms with Gasteiger partial charge >= 0.3 is 0 Å². The van der Waals surface area contributed by atoms with E-state index in [0.29, 0.717) is 0 Å². The molecule has 0 radical (unpaired) electrons. The number of hydrogen-bond donors (Lipinski definition) is 1. The van der Waals surface area contributed by atoms with E-state index < -0.39 is 0 Å². The van der Waals surface area contributed by atoms with Crippen molar-refractivity contribution in [1.29, 1.82) is 0 Å². The fourth-order valence-corrected chi connectivity index (χ4v) is 1.44. The smallest absolute Gasteiger partial charge is 0.137 e. The van der Waals surface area contributed by atoms with Gasteiger partial charge in [0.25, 0.3) is 0 Å². The van der Waals surface area contributed by atoms with Crippen LogP contribution in [0.2, 0.25) is 0 Å². The van der Waals surface area contributed by atoms with Crippen molar-refractivity contribution in [2.24, 2.45) is 0 Å². The van der Waals surface area contributed by atoms with Gasteiger partial charge in [-0.2, -0.15) is 0 Å². The molecule has 0 aliphatic rings. The first-order valence-corrected chi connectivity index (χ1v) is 6.09. The lowest BCUT2D eigenvalue weighted by Crippen LogP contribution is -2.14. The van der Waals surface area contributed by atoms with E-state index in [1.807, 2.05) is 19.1 Å². The molecule has 1 rings (SSSR count). The van der Waals surface area contributed by atoms with E-state index in [9.17, 15) is 0 Å². The van der Waals surface area contributed by atoms with Gasteiger partial charge in [-0.3, -0.25) is 4.98 Å². The van der Waals surface area contributed by atoms with Crippen molar-refractivity contribution >= 4 is 0 Å². The topological polar surface area (TPSA) is 34.1 Å². The summed E-state index contributed by atoms with van der Waals surface area (Å²) in [7, 11) is 0. The summed E-state index contributed by atoms with van der Waals surface area (Å²) in [6.07, 6.45) is 5.34. The van der Waals surface area contributed by atoms with Gasteiger partial charge < -0.3 is 10.1 Å². The van der Waals surface area contributed by atoms with Gasteiger partial charge in [0, 0.05) is 5.69 Å². The number of ether oxygens (including phenoxy) is 1. The van der Waals surface area contributed by atoms with Crippen molar-refractivity contribution in [3.8, 4) is 5.75 Å². The van der Waals surface area contributed by atoms with Crippen molar-refractivity contribution in [2.45, 2.75) is 33.1 Å². The van der Waals surface area contributed by atoms with E-state index in [0.717, 1.165) is 37.6 Å². The lowest BCUT2D eigenvalue weighted by Gasteiger charge is -2.06. The molecule has 0 saturated heterocycles. The summed E-state index contributed by atoms with van der Waals surface area (Å²) >= 11 is 0. The molecule has 0 fully saturated rings. The van der Waals surface area contributed by atoms with Crippen LogP contribution in [0.4, 0.5) is 0 Å². The largest absolute Gasteiger partial charge is 0.492 e. The standard InChI is InChI=1S/C13H22N2O/c1-3-14-9-5-4-6-10-16-13-8-7-12(2)15-11-13/h7-8,11,14H,3-6,9-10H2,1-2H3. The van der Waals surface area contributed by atoms with Crippen LogP contribution in [0.15, 0.2) is 18.3 Å². The Balaban J connectivity index is 2.01. The zero-order valence-electron chi connectivity index (χ0n) is 10.3. The third kappa shape index (κ3) is 5.71. The molecule has 0 atom stereocenters. The van der Waals surface area contributed by atoms with Crippen molar-refractivity contribution in [3.63, 3.8) is 0 Å². The highest BCUT2D eigenvalue weighted by Gasteiger charge is 1.94. The van der Waals surface area contributed by atoms with Crippen LogP contribution in [-0.4, -0.2) is 24.7 Å². The molecule has 3 nitrogen and oxygen atoms in total. The van der Waals surface area contributed by atoms with Crippen molar-refractivity contribution in [3.05, 3.63) is 24.0 Å². The van der Waals surface area contributed by atoms with E-state index in [1.54, 1.807) is 6.20 Å². The van der Waals surface area contributed by atoms with E-state index >= 15 is 0 Å². The Morgan fingerprint density at radius 1 is 1.25 bits per heavy atom. The first-order chi connectivity index (χ1) is 7.83. The van der Waals surface area contributed by atoms with Gasteiger partial charge in [0.2, 0.25) is 0 Å². The Bertz CT molecular complexity index is 272. The minimum atomic E-state index is 0.789. The number of rotatable bonds is 8. The summed E-state index contributed by atoms with van der Waals surface area (Å²) in [6.45, 7) is 7.07. The number of unbranched alkanes of at least 4 members (excludes halogenated alkanes) is 2. The maximum Gasteiger partial charge on any atom is 0.137 e. The Morgan fingerprint density at radius 2 is 2.12 bits per heavy atom. The maximum absolute atomic E-state index is 5.58. The summed E-state index contributed by atoms with van der Waals surface area (Å²) in [5.41, 5.74) is 1.03. The number of nitrogens with one attached hydrogen (secondary N) is 1. The fourth-order valence-electron chi connectivity index (χ4n) is 1.44. The van der Waals surface area contributed by atoms with Crippen molar-refractivity contribution in [2.75, 3.05) is 19.7 Å². The summed E-state index contributed by atoms with van der Waals surface area (Å²) < 4.78 is 5.58. The molecule has 3 heteroatoms. The normalized spacial score (nSPS) is 10.4. The van der Waals surface area contributed by atoms with Gasteiger partial charge in [0.1, 0.15) is 5.75 Å². The molecule has 0 aromatic carbocycles. The third-order valence-corrected chi connectivity index (χ3v) is 2.40. The number of hydrogen-bond acceptors (Lipinski definition) is 3. The van der Waals surface area contributed by atoms with Crippen LogP contribution in [0.1, 0.15) is 31.9 Å². The highest BCUT2D eigenvalue weighted by atomic mass is 16.5. The van der Waals surface area contributed by atoms with Gasteiger partial charge in [-0.25, -0.2) is 0 Å². The zero-order chi connectivity index (χ0) is 11.6. The number of aromatic nitrogens is 1. The predicted octanol–water partition coefficient (Wildman–Crippen LogP) is 2.55. The molecule has 1 N–H and O–H groups in total. The van der Waals surface area contributed by atoms with Gasteiger partial charge in [-0.15, -0.1) is 0 Å². The molecule has 0 spiro atoms. The Hall–Kier alpha value is -1.09. The van der Waals surface area contributed by atoms with Gasteiger partial charge in [-0.05, 0) is 51.4 Å². The summed E-state index contributed by atoms with van der Waals surface area (Å²) in [5.74, 6) is 0.872. The average molecular weight is 222 g/mol. The fraction of sp³-hybridized carbons (Fsp3) is 0.615. The molecule has 90 valence electrons. The molecule has 0 aliphatic heterocycles. The zero-order valence-corrected chi connectivity index (χ0v) is 10.3. The van der Waals surface area contributed by atoms with Crippen LogP contribution in [0.25, 0.3) is 0 Å². The minimum absolute atomic E-state index is 0.789. The molecule has 1 aromatic rings. The monoisotopic (exact) mass is 222 g/mol. The maximum atomic E-state index is 5.58. The van der Waals surface area contributed by atoms with E-state index in [4.69, 9.17) is 4.74 Å². The number of pyridine rings is 1. The molecule has 0 amide bonds. The Labute approximate surface area is 98.2 Å². The number of nitrogens with zero attached hydrogens (tertiary/aromatic N) is 1. The van der Waals surface area contributed by atoms with Crippen LogP contribution in [0, 0.1) is 6.92 Å². The van der Waals surface area contributed by atoms with Crippen LogP contribution in [-0.2, 0) is 0 Å². The molecular formula is C13H22N2O. The predicted molar refractivity (Wildman–Crippen MR) is 66.9 cm³/mol. The van der Waals surface area contributed by atoms with Crippen LogP contribution < -0.4 is 10.1 Å². The van der Waals surface area contributed by atoms with Crippen LogP contribution >= 0.6 is 0 Å². The minimum Gasteiger partial charge on any atom is -0.492 e. The third-order valence-electron chi connectivity index (χ3n) is 2.40. The Morgan fingerprint density at radius 3 is 2.81 bits per heavy atom. The van der Waals surface area contributed by atoms with Gasteiger partial charge in [-0.1, -0.05) is 6.92 Å².